The Morgan fingerprint density at radius 1 is 1.00 bits per heavy atom. The van der Waals surface area contributed by atoms with Gasteiger partial charge >= 0.3 is 0 Å². The van der Waals surface area contributed by atoms with Gasteiger partial charge in [-0.05, 0) is 23.8 Å². The number of ether oxygens (including phenoxy) is 1. The zero-order valence-corrected chi connectivity index (χ0v) is 9.16. The van der Waals surface area contributed by atoms with E-state index >= 15 is 0 Å². The molecule has 2 heteroatoms. The molecule has 0 bridgehead atoms. The summed E-state index contributed by atoms with van der Waals surface area (Å²) in [5.41, 5.74) is 2.19. The fourth-order valence-corrected chi connectivity index (χ4v) is 1.68. The Kier molecular flexibility index (Phi) is 2.93. The fraction of sp³-hybridized carbons (Fsp3) is 0.0769. The van der Waals surface area contributed by atoms with Crippen LogP contribution in [0.15, 0.2) is 48.5 Å². The standard InChI is InChI=1S/C13H11ClO/c1-15-13-9-11(14)7-8-12(13)10-5-3-2-4-6-10/h2-9H,1H3. The van der Waals surface area contributed by atoms with Crippen LogP contribution in [0.2, 0.25) is 5.02 Å². The van der Waals surface area contributed by atoms with Crippen LogP contribution in [-0.2, 0) is 0 Å². The zero-order valence-electron chi connectivity index (χ0n) is 8.41. The van der Waals surface area contributed by atoms with E-state index in [1.807, 2.05) is 48.5 Å². The lowest BCUT2D eigenvalue weighted by molar-refractivity contribution is 0.416. The second kappa shape index (κ2) is 4.37. The Morgan fingerprint density at radius 3 is 2.40 bits per heavy atom. The summed E-state index contributed by atoms with van der Waals surface area (Å²) in [6.07, 6.45) is 0. The Labute approximate surface area is 94.3 Å². The monoisotopic (exact) mass is 218 g/mol. The van der Waals surface area contributed by atoms with Crippen molar-refractivity contribution in [3.63, 3.8) is 0 Å². The Hall–Kier alpha value is -1.47. The molecule has 0 unspecified atom stereocenters. The number of rotatable bonds is 2. The summed E-state index contributed by atoms with van der Waals surface area (Å²) >= 11 is 5.90. The van der Waals surface area contributed by atoms with Crippen molar-refractivity contribution in [2.45, 2.75) is 0 Å². The topological polar surface area (TPSA) is 9.23 Å². The van der Waals surface area contributed by atoms with Crippen molar-refractivity contribution in [1.82, 2.24) is 0 Å². The molecule has 76 valence electrons. The molecule has 2 aromatic rings. The van der Waals surface area contributed by atoms with Gasteiger partial charge in [-0.15, -0.1) is 0 Å². The minimum Gasteiger partial charge on any atom is -0.496 e. The van der Waals surface area contributed by atoms with Crippen LogP contribution >= 0.6 is 11.6 Å². The van der Waals surface area contributed by atoms with Crippen molar-refractivity contribution in [3.8, 4) is 16.9 Å². The van der Waals surface area contributed by atoms with Crippen molar-refractivity contribution in [2.24, 2.45) is 0 Å². The van der Waals surface area contributed by atoms with Crippen molar-refractivity contribution in [1.29, 1.82) is 0 Å². The first kappa shape index (κ1) is 10.1. The van der Waals surface area contributed by atoms with Gasteiger partial charge in [-0.2, -0.15) is 0 Å². The first-order chi connectivity index (χ1) is 7.31. The smallest absolute Gasteiger partial charge is 0.128 e. The second-order valence-electron chi connectivity index (χ2n) is 3.21. The third-order valence-corrected chi connectivity index (χ3v) is 2.48. The molecule has 0 aliphatic heterocycles. The summed E-state index contributed by atoms with van der Waals surface area (Å²) in [7, 11) is 1.65. The van der Waals surface area contributed by atoms with Crippen molar-refractivity contribution >= 4 is 11.6 Å². The molecule has 15 heavy (non-hydrogen) atoms. The second-order valence-corrected chi connectivity index (χ2v) is 3.65. The molecule has 2 rings (SSSR count). The Balaban J connectivity index is 2.53. The summed E-state index contributed by atoms with van der Waals surface area (Å²) in [6, 6.07) is 15.8. The quantitative estimate of drug-likeness (QED) is 0.740. The molecule has 0 aliphatic carbocycles. The highest BCUT2D eigenvalue weighted by Gasteiger charge is 2.05. The van der Waals surface area contributed by atoms with Gasteiger partial charge in [-0.3, -0.25) is 0 Å². The summed E-state index contributed by atoms with van der Waals surface area (Å²) in [5, 5.41) is 0.687. The fourth-order valence-electron chi connectivity index (χ4n) is 1.52. The van der Waals surface area contributed by atoms with Gasteiger partial charge in [0.2, 0.25) is 0 Å². The lowest BCUT2D eigenvalue weighted by Gasteiger charge is -2.08. The highest BCUT2D eigenvalue weighted by atomic mass is 35.5. The van der Waals surface area contributed by atoms with E-state index in [0.29, 0.717) is 5.02 Å². The maximum absolute atomic E-state index is 5.90. The number of benzene rings is 2. The molecule has 0 aliphatic rings. The molecule has 0 saturated heterocycles. The van der Waals surface area contributed by atoms with Gasteiger partial charge in [-0.1, -0.05) is 41.9 Å². The number of halogens is 1. The maximum atomic E-state index is 5.90. The molecule has 0 N–H and O–H groups in total. The van der Waals surface area contributed by atoms with Crippen LogP contribution in [0, 0.1) is 0 Å². The maximum Gasteiger partial charge on any atom is 0.128 e. The van der Waals surface area contributed by atoms with Crippen molar-refractivity contribution < 1.29 is 4.74 Å². The molecule has 0 aromatic heterocycles. The molecule has 0 amide bonds. The van der Waals surface area contributed by atoms with Gasteiger partial charge in [0, 0.05) is 10.6 Å². The van der Waals surface area contributed by atoms with Gasteiger partial charge in [-0.25, -0.2) is 0 Å². The van der Waals surface area contributed by atoms with Crippen molar-refractivity contribution in [2.75, 3.05) is 7.11 Å². The zero-order chi connectivity index (χ0) is 10.7. The minimum absolute atomic E-state index is 0.687. The predicted octanol–water partition coefficient (Wildman–Crippen LogP) is 4.02. The van der Waals surface area contributed by atoms with Crippen LogP contribution < -0.4 is 4.74 Å². The van der Waals surface area contributed by atoms with Gasteiger partial charge in [0.1, 0.15) is 5.75 Å². The Bertz CT molecular complexity index is 451. The van der Waals surface area contributed by atoms with Gasteiger partial charge in [0.05, 0.1) is 7.11 Å². The highest BCUT2D eigenvalue weighted by molar-refractivity contribution is 6.30. The number of hydrogen-bond acceptors (Lipinski definition) is 1. The van der Waals surface area contributed by atoms with E-state index in [4.69, 9.17) is 16.3 Å². The molecule has 0 saturated carbocycles. The molecule has 1 nitrogen and oxygen atoms in total. The van der Waals surface area contributed by atoms with E-state index in [1.165, 1.54) is 0 Å². The number of hydrogen-bond donors (Lipinski definition) is 0. The van der Waals surface area contributed by atoms with E-state index in [9.17, 15) is 0 Å². The summed E-state index contributed by atoms with van der Waals surface area (Å²) in [4.78, 5) is 0. The van der Waals surface area contributed by atoms with Gasteiger partial charge in [0.15, 0.2) is 0 Å². The van der Waals surface area contributed by atoms with Gasteiger partial charge in [0.25, 0.3) is 0 Å². The third-order valence-electron chi connectivity index (χ3n) is 2.25. The molecular formula is C13H11ClO. The molecule has 0 heterocycles. The van der Waals surface area contributed by atoms with E-state index < -0.39 is 0 Å². The first-order valence-electron chi connectivity index (χ1n) is 4.70. The van der Waals surface area contributed by atoms with Crippen LogP contribution in [0.3, 0.4) is 0 Å². The van der Waals surface area contributed by atoms with Crippen LogP contribution in [-0.4, -0.2) is 7.11 Å². The molecule has 0 radical (unpaired) electrons. The molecule has 0 atom stereocenters. The molecule has 0 fully saturated rings. The van der Waals surface area contributed by atoms with Crippen LogP contribution in [0.4, 0.5) is 0 Å². The van der Waals surface area contributed by atoms with Crippen molar-refractivity contribution in [3.05, 3.63) is 53.6 Å². The molecular weight excluding hydrogens is 208 g/mol. The average molecular weight is 219 g/mol. The molecule has 2 aromatic carbocycles. The lowest BCUT2D eigenvalue weighted by Crippen LogP contribution is -1.87. The summed E-state index contributed by atoms with van der Waals surface area (Å²) in [6.45, 7) is 0. The number of methoxy groups -OCH3 is 1. The highest BCUT2D eigenvalue weighted by Crippen LogP contribution is 2.31. The third kappa shape index (κ3) is 2.13. The lowest BCUT2D eigenvalue weighted by atomic mass is 10.1. The Morgan fingerprint density at radius 2 is 1.73 bits per heavy atom. The van der Waals surface area contributed by atoms with E-state index in [1.54, 1.807) is 7.11 Å². The molecule has 0 spiro atoms. The van der Waals surface area contributed by atoms with E-state index in [0.717, 1.165) is 16.9 Å². The first-order valence-corrected chi connectivity index (χ1v) is 5.08. The predicted molar refractivity (Wildman–Crippen MR) is 63.4 cm³/mol. The summed E-state index contributed by atoms with van der Waals surface area (Å²) < 4.78 is 5.30. The SMILES string of the molecule is COc1cc(Cl)ccc1-c1ccccc1. The normalized spacial score (nSPS) is 10.0. The summed E-state index contributed by atoms with van der Waals surface area (Å²) in [5.74, 6) is 0.800. The van der Waals surface area contributed by atoms with Crippen LogP contribution in [0.5, 0.6) is 5.75 Å². The minimum atomic E-state index is 0.687. The van der Waals surface area contributed by atoms with Gasteiger partial charge < -0.3 is 4.74 Å². The van der Waals surface area contributed by atoms with E-state index in [2.05, 4.69) is 0 Å². The average Bonchev–Trinajstić information content (AvgIpc) is 2.30. The van der Waals surface area contributed by atoms with Crippen LogP contribution in [0.1, 0.15) is 0 Å². The van der Waals surface area contributed by atoms with Crippen LogP contribution in [0.25, 0.3) is 11.1 Å². The largest absolute Gasteiger partial charge is 0.496 e. The van der Waals surface area contributed by atoms with E-state index in [-0.39, 0.29) is 0 Å².